The molecule has 0 saturated carbocycles. The molecule has 1 heterocycles. The van der Waals surface area contributed by atoms with Gasteiger partial charge in [-0.2, -0.15) is 0 Å². The van der Waals surface area contributed by atoms with Crippen molar-refractivity contribution in [3.8, 4) is 0 Å². The average Bonchev–Trinajstić information content (AvgIpc) is 2.60. The normalized spacial score (nSPS) is 11.6. The van der Waals surface area contributed by atoms with Gasteiger partial charge in [0.2, 0.25) is 0 Å². The minimum absolute atomic E-state index is 0.511. The fourth-order valence-corrected chi connectivity index (χ4v) is 3.12. The maximum Gasteiger partial charge on any atom is 0.186 e. The molecule has 0 saturated heterocycles. The predicted octanol–water partition coefficient (Wildman–Crippen LogP) is 3.43. The van der Waals surface area contributed by atoms with Crippen molar-refractivity contribution in [2.45, 2.75) is 54.1 Å². The highest BCUT2D eigenvalue weighted by Crippen LogP contribution is 2.27. The van der Waals surface area contributed by atoms with E-state index < -0.39 is 0 Å². The Morgan fingerprint density at radius 2 is 1.94 bits per heavy atom. The molecule has 0 aliphatic rings. The summed E-state index contributed by atoms with van der Waals surface area (Å²) in [5.74, 6) is 0.695. The van der Waals surface area contributed by atoms with Crippen LogP contribution in [-0.4, -0.2) is 24.1 Å². The Bertz CT molecular complexity index is 358. The molecule has 0 fully saturated rings. The molecule has 0 radical (unpaired) electrons. The van der Waals surface area contributed by atoms with Crippen molar-refractivity contribution in [2.75, 3.05) is 18.0 Å². The van der Waals surface area contributed by atoms with Crippen LogP contribution in [0.25, 0.3) is 0 Å². The number of nitrogens with zero attached hydrogens (tertiary/aromatic N) is 2. The molecule has 0 bridgehead atoms. The number of nitrogens with one attached hydrogen (secondary N) is 1. The Morgan fingerprint density at radius 1 is 1.28 bits per heavy atom. The lowest BCUT2D eigenvalue weighted by Crippen LogP contribution is -2.30. The number of anilines is 1. The van der Waals surface area contributed by atoms with Gasteiger partial charge in [0.15, 0.2) is 5.13 Å². The highest BCUT2D eigenvalue weighted by Gasteiger charge is 2.15. The summed E-state index contributed by atoms with van der Waals surface area (Å²) >= 11 is 1.82. The smallest absolute Gasteiger partial charge is 0.186 e. The minimum Gasteiger partial charge on any atom is -0.346 e. The van der Waals surface area contributed by atoms with E-state index >= 15 is 0 Å². The molecule has 0 amide bonds. The van der Waals surface area contributed by atoms with Gasteiger partial charge in [0.05, 0.1) is 5.69 Å². The summed E-state index contributed by atoms with van der Waals surface area (Å²) < 4.78 is 0. The van der Waals surface area contributed by atoms with Gasteiger partial charge in [-0.25, -0.2) is 4.98 Å². The Kier molecular flexibility index (Phi) is 6.09. The molecule has 0 atom stereocenters. The van der Waals surface area contributed by atoms with E-state index in [4.69, 9.17) is 4.98 Å². The SMILES string of the molecule is CCN(c1nc(C)c(CNCC(C)C)s1)C(C)C. The minimum atomic E-state index is 0.511. The summed E-state index contributed by atoms with van der Waals surface area (Å²) in [5.41, 5.74) is 1.17. The van der Waals surface area contributed by atoms with Gasteiger partial charge < -0.3 is 10.2 Å². The molecule has 4 heteroatoms. The Morgan fingerprint density at radius 3 is 2.44 bits per heavy atom. The largest absolute Gasteiger partial charge is 0.346 e. The second-order valence-electron chi connectivity index (χ2n) is 5.41. The van der Waals surface area contributed by atoms with Crippen molar-refractivity contribution >= 4 is 16.5 Å². The fraction of sp³-hybridized carbons (Fsp3) is 0.786. The fourth-order valence-electron chi connectivity index (χ4n) is 1.90. The molecule has 18 heavy (non-hydrogen) atoms. The van der Waals surface area contributed by atoms with E-state index in [0.717, 1.165) is 24.8 Å². The number of hydrogen-bond acceptors (Lipinski definition) is 4. The van der Waals surface area contributed by atoms with Crippen LogP contribution in [-0.2, 0) is 6.54 Å². The Labute approximate surface area is 116 Å². The molecule has 1 aromatic heterocycles. The van der Waals surface area contributed by atoms with Crippen LogP contribution in [0.15, 0.2) is 0 Å². The first kappa shape index (κ1) is 15.4. The second kappa shape index (κ2) is 7.10. The van der Waals surface area contributed by atoms with Crippen LogP contribution in [0.5, 0.6) is 0 Å². The van der Waals surface area contributed by atoms with E-state index in [9.17, 15) is 0 Å². The molecule has 0 aliphatic carbocycles. The van der Waals surface area contributed by atoms with E-state index in [-0.39, 0.29) is 0 Å². The first-order valence-corrected chi connectivity index (χ1v) is 7.71. The number of aromatic nitrogens is 1. The standard InChI is InChI=1S/C14H27N3S/c1-7-17(11(4)5)14-16-12(6)13(18-14)9-15-8-10(2)3/h10-11,15H,7-9H2,1-6H3. The molecule has 104 valence electrons. The van der Waals surface area contributed by atoms with Gasteiger partial charge in [-0.15, -0.1) is 11.3 Å². The maximum absolute atomic E-state index is 4.71. The number of thiazole rings is 1. The third kappa shape index (κ3) is 4.25. The first-order valence-electron chi connectivity index (χ1n) is 6.89. The molecule has 0 spiro atoms. The topological polar surface area (TPSA) is 28.2 Å². The quantitative estimate of drug-likeness (QED) is 0.822. The van der Waals surface area contributed by atoms with Crippen molar-refractivity contribution in [3.05, 3.63) is 10.6 Å². The molecule has 1 N–H and O–H groups in total. The molecule has 1 rings (SSSR count). The third-order valence-electron chi connectivity index (χ3n) is 2.93. The summed E-state index contributed by atoms with van der Waals surface area (Å²) in [5, 5.41) is 4.65. The van der Waals surface area contributed by atoms with Crippen molar-refractivity contribution < 1.29 is 0 Å². The second-order valence-corrected chi connectivity index (χ2v) is 6.47. The van der Waals surface area contributed by atoms with E-state index in [1.54, 1.807) is 0 Å². The molecule has 0 unspecified atom stereocenters. The summed E-state index contributed by atoms with van der Waals surface area (Å²) in [6, 6.07) is 0.511. The van der Waals surface area contributed by atoms with Crippen molar-refractivity contribution in [1.82, 2.24) is 10.3 Å². The predicted molar refractivity (Wildman–Crippen MR) is 81.6 cm³/mol. The summed E-state index contributed by atoms with van der Waals surface area (Å²) in [6.07, 6.45) is 0. The zero-order chi connectivity index (χ0) is 13.7. The van der Waals surface area contributed by atoms with Gasteiger partial charge in [-0.05, 0) is 40.2 Å². The van der Waals surface area contributed by atoms with Gasteiger partial charge in [0.25, 0.3) is 0 Å². The zero-order valence-corrected chi connectivity index (χ0v) is 13.4. The van der Waals surface area contributed by atoms with Crippen LogP contribution in [0.3, 0.4) is 0 Å². The number of hydrogen-bond donors (Lipinski definition) is 1. The van der Waals surface area contributed by atoms with E-state index in [2.05, 4.69) is 51.8 Å². The van der Waals surface area contributed by atoms with Gasteiger partial charge in [0, 0.05) is 24.0 Å². The van der Waals surface area contributed by atoms with Gasteiger partial charge in [0.1, 0.15) is 0 Å². The lowest BCUT2D eigenvalue weighted by atomic mass is 10.2. The summed E-state index contributed by atoms with van der Waals surface area (Å²) in [7, 11) is 0. The van der Waals surface area contributed by atoms with Gasteiger partial charge >= 0.3 is 0 Å². The van der Waals surface area contributed by atoms with Gasteiger partial charge in [-0.3, -0.25) is 0 Å². The van der Waals surface area contributed by atoms with E-state index in [0.29, 0.717) is 12.0 Å². The third-order valence-corrected chi connectivity index (χ3v) is 4.12. The lowest BCUT2D eigenvalue weighted by Gasteiger charge is -2.24. The highest BCUT2D eigenvalue weighted by molar-refractivity contribution is 7.15. The molecule has 1 aromatic rings. The molecular formula is C14H27N3S. The molecule has 0 aromatic carbocycles. The highest BCUT2D eigenvalue weighted by atomic mass is 32.1. The van der Waals surface area contributed by atoms with Crippen molar-refractivity contribution in [3.63, 3.8) is 0 Å². The zero-order valence-electron chi connectivity index (χ0n) is 12.6. The van der Waals surface area contributed by atoms with Crippen LogP contribution in [0.1, 0.15) is 45.2 Å². The van der Waals surface area contributed by atoms with Crippen molar-refractivity contribution in [2.24, 2.45) is 5.92 Å². The Hall–Kier alpha value is -0.610. The Balaban J connectivity index is 2.68. The number of rotatable bonds is 7. The van der Waals surface area contributed by atoms with Gasteiger partial charge in [-0.1, -0.05) is 13.8 Å². The number of aryl methyl sites for hydroxylation is 1. The summed E-state index contributed by atoms with van der Waals surface area (Å²) in [6.45, 7) is 16.2. The van der Waals surface area contributed by atoms with Crippen LogP contribution in [0.2, 0.25) is 0 Å². The lowest BCUT2D eigenvalue weighted by molar-refractivity contribution is 0.554. The first-order chi connectivity index (χ1) is 8.45. The van der Waals surface area contributed by atoms with Crippen LogP contribution in [0.4, 0.5) is 5.13 Å². The van der Waals surface area contributed by atoms with Crippen molar-refractivity contribution in [1.29, 1.82) is 0 Å². The molecule has 3 nitrogen and oxygen atoms in total. The molecule has 0 aliphatic heterocycles. The monoisotopic (exact) mass is 269 g/mol. The maximum atomic E-state index is 4.71. The van der Waals surface area contributed by atoms with Crippen LogP contribution >= 0.6 is 11.3 Å². The average molecular weight is 269 g/mol. The summed E-state index contributed by atoms with van der Waals surface area (Å²) in [4.78, 5) is 8.42. The van der Waals surface area contributed by atoms with Crippen LogP contribution in [0, 0.1) is 12.8 Å². The van der Waals surface area contributed by atoms with Crippen LogP contribution < -0.4 is 10.2 Å². The van der Waals surface area contributed by atoms with E-state index in [1.807, 2.05) is 11.3 Å². The molecular weight excluding hydrogens is 242 g/mol. The van der Waals surface area contributed by atoms with E-state index in [1.165, 1.54) is 10.6 Å².